The Morgan fingerprint density at radius 3 is 0.722 bits per heavy atom. The molecule has 0 radical (unpaired) electrons. The zero-order chi connectivity index (χ0) is 12.5. The Bertz CT molecular complexity index is 240. The molecule has 6 heteroatoms. The molecule has 0 aliphatic heterocycles. The quantitative estimate of drug-likeness (QED) is 0.689. The first-order valence-electron chi connectivity index (χ1n) is 5.31. The maximum atomic E-state index is 8.03. The molecule has 0 amide bonds. The van der Waals surface area contributed by atoms with Crippen LogP contribution in [0.1, 0.15) is 51.4 Å². The second-order valence-electron chi connectivity index (χ2n) is 3.05. The maximum absolute atomic E-state index is 8.03. The van der Waals surface area contributed by atoms with Crippen LogP contribution in [0.4, 0.5) is 0 Å². The smallest absolute Gasteiger partial charge is 0.0621 e. The second kappa shape index (κ2) is 29.6. The average Bonchev–Trinajstić information content (AvgIpc) is 2.31. The number of unbranched alkanes of at least 4 members (excludes halogenated alkanes) is 6. The molecule has 4 nitrogen and oxygen atoms in total. The Morgan fingerprint density at radius 2 is 0.611 bits per heavy atom. The monoisotopic (exact) mass is 288 g/mol. The van der Waals surface area contributed by atoms with Crippen LogP contribution in [-0.4, -0.2) is 0 Å². The first-order valence-corrected chi connectivity index (χ1v) is 5.31. The van der Waals surface area contributed by atoms with Crippen molar-refractivity contribution in [1.29, 1.82) is 21.0 Å². The summed E-state index contributed by atoms with van der Waals surface area (Å²) in [6, 6.07) is 8.07. The number of nitriles is 4. The highest BCUT2D eigenvalue weighted by Gasteiger charge is 1.83. The summed E-state index contributed by atoms with van der Waals surface area (Å²) in [7, 11) is 0. The van der Waals surface area contributed by atoms with E-state index in [1.807, 2.05) is 24.3 Å². The van der Waals surface area contributed by atoms with Gasteiger partial charge in [-0.25, -0.2) is 0 Å². The maximum Gasteiger partial charge on any atom is 0.0621 e. The normalized spacial score (nSPS) is 6.44. The van der Waals surface area contributed by atoms with Crippen LogP contribution in [0.25, 0.3) is 0 Å². The Kier molecular flexibility index (Phi) is 41.7. The summed E-state index contributed by atoms with van der Waals surface area (Å²) >= 11 is 0. The summed E-state index contributed by atoms with van der Waals surface area (Å²) in [5.74, 6) is 0. The molecule has 0 spiro atoms. The summed E-state index contributed by atoms with van der Waals surface area (Å²) in [6.45, 7) is 0. The van der Waals surface area contributed by atoms with Gasteiger partial charge in [-0.2, -0.15) is 21.0 Å². The SMILES string of the molecule is Cl.Cl.N#CCCCCC#N.N#CCCCCC#N. The van der Waals surface area contributed by atoms with Gasteiger partial charge >= 0.3 is 0 Å². The molecule has 0 unspecified atom stereocenters. The summed E-state index contributed by atoms with van der Waals surface area (Å²) in [6.07, 6.45) is 5.80. The first kappa shape index (κ1) is 25.4. The summed E-state index contributed by atoms with van der Waals surface area (Å²) < 4.78 is 0. The zero-order valence-electron chi connectivity index (χ0n) is 10.3. The van der Waals surface area contributed by atoms with E-state index in [1.54, 1.807) is 0 Å². The van der Waals surface area contributed by atoms with Gasteiger partial charge in [0.1, 0.15) is 0 Å². The third-order valence-corrected chi connectivity index (χ3v) is 1.65. The van der Waals surface area contributed by atoms with Gasteiger partial charge in [0.25, 0.3) is 0 Å². The second-order valence-corrected chi connectivity index (χ2v) is 3.05. The number of hydrogen-bond donors (Lipinski definition) is 0. The molecule has 0 bridgehead atoms. The molecule has 0 fully saturated rings. The van der Waals surface area contributed by atoms with Gasteiger partial charge in [-0.3, -0.25) is 0 Å². The molecule has 0 N–H and O–H groups in total. The first-order chi connectivity index (χ1) is 7.83. The van der Waals surface area contributed by atoms with Crippen LogP contribution in [0.15, 0.2) is 0 Å². The molecule has 18 heavy (non-hydrogen) atoms. The highest BCUT2D eigenvalue weighted by molar-refractivity contribution is 5.85. The molecular formula is C12H18Cl2N4. The fourth-order valence-corrected chi connectivity index (χ4v) is 0.816. The largest absolute Gasteiger partial charge is 0.198 e. The van der Waals surface area contributed by atoms with Crippen LogP contribution in [0.2, 0.25) is 0 Å². The molecule has 0 aliphatic carbocycles. The van der Waals surface area contributed by atoms with E-state index in [-0.39, 0.29) is 24.8 Å². The topological polar surface area (TPSA) is 95.2 Å². The highest BCUT2D eigenvalue weighted by Crippen LogP contribution is 1.96. The van der Waals surface area contributed by atoms with Crippen molar-refractivity contribution in [2.24, 2.45) is 0 Å². The fraction of sp³-hybridized carbons (Fsp3) is 0.667. The predicted octanol–water partition coefficient (Wildman–Crippen LogP) is 4.03. The van der Waals surface area contributed by atoms with Crippen molar-refractivity contribution in [2.75, 3.05) is 0 Å². The predicted molar refractivity (Wildman–Crippen MR) is 73.9 cm³/mol. The third kappa shape index (κ3) is 36.5. The molecule has 100 valence electrons. The molecule has 0 saturated carbocycles. The van der Waals surface area contributed by atoms with Crippen LogP contribution in [0.3, 0.4) is 0 Å². The lowest BCUT2D eigenvalue weighted by Gasteiger charge is -1.83. The lowest BCUT2D eigenvalue weighted by Crippen LogP contribution is -1.70. The van der Waals surface area contributed by atoms with Gasteiger partial charge in [-0.05, 0) is 25.7 Å². The zero-order valence-corrected chi connectivity index (χ0v) is 11.9. The number of hydrogen-bond acceptors (Lipinski definition) is 4. The van der Waals surface area contributed by atoms with Crippen molar-refractivity contribution < 1.29 is 0 Å². The lowest BCUT2D eigenvalue weighted by atomic mass is 10.2. The van der Waals surface area contributed by atoms with Crippen LogP contribution in [0, 0.1) is 45.3 Å². The van der Waals surface area contributed by atoms with E-state index in [1.165, 1.54) is 0 Å². The van der Waals surface area contributed by atoms with E-state index < -0.39 is 0 Å². The van der Waals surface area contributed by atoms with E-state index >= 15 is 0 Å². The number of nitrogens with zero attached hydrogens (tertiary/aromatic N) is 4. The van der Waals surface area contributed by atoms with E-state index in [2.05, 4.69) is 0 Å². The molecule has 0 heterocycles. The highest BCUT2D eigenvalue weighted by atomic mass is 35.5. The Morgan fingerprint density at radius 1 is 0.444 bits per heavy atom. The summed E-state index contributed by atoms with van der Waals surface area (Å²) in [4.78, 5) is 0. The van der Waals surface area contributed by atoms with Gasteiger partial charge in [0.05, 0.1) is 24.3 Å². The van der Waals surface area contributed by atoms with Crippen molar-refractivity contribution in [3.8, 4) is 24.3 Å². The van der Waals surface area contributed by atoms with E-state index in [0.29, 0.717) is 25.7 Å². The van der Waals surface area contributed by atoms with Crippen LogP contribution in [-0.2, 0) is 0 Å². The van der Waals surface area contributed by atoms with Gasteiger partial charge in [0.2, 0.25) is 0 Å². The van der Waals surface area contributed by atoms with Crippen LogP contribution < -0.4 is 0 Å². The van der Waals surface area contributed by atoms with Gasteiger partial charge in [0.15, 0.2) is 0 Å². The minimum atomic E-state index is 0. The Labute approximate surface area is 122 Å². The molecule has 0 aromatic rings. The van der Waals surface area contributed by atoms with Crippen molar-refractivity contribution in [3.05, 3.63) is 0 Å². The van der Waals surface area contributed by atoms with Crippen LogP contribution >= 0.6 is 24.8 Å². The number of halogens is 2. The molecule has 0 aromatic carbocycles. The summed E-state index contributed by atoms with van der Waals surface area (Å²) in [5, 5.41) is 32.1. The van der Waals surface area contributed by atoms with Crippen molar-refractivity contribution in [1.82, 2.24) is 0 Å². The summed E-state index contributed by atoms with van der Waals surface area (Å²) in [5.41, 5.74) is 0. The molecule has 0 saturated heterocycles. The van der Waals surface area contributed by atoms with E-state index in [0.717, 1.165) is 25.7 Å². The van der Waals surface area contributed by atoms with E-state index in [9.17, 15) is 0 Å². The average molecular weight is 289 g/mol. The van der Waals surface area contributed by atoms with Crippen molar-refractivity contribution in [3.63, 3.8) is 0 Å². The van der Waals surface area contributed by atoms with Crippen molar-refractivity contribution in [2.45, 2.75) is 51.4 Å². The van der Waals surface area contributed by atoms with Gasteiger partial charge in [-0.15, -0.1) is 24.8 Å². The molecular weight excluding hydrogens is 271 g/mol. The number of rotatable bonds is 6. The molecule has 0 aromatic heterocycles. The molecule has 0 atom stereocenters. The van der Waals surface area contributed by atoms with Crippen molar-refractivity contribution >= 4 is 24.8 Å². The third-order valence-electron chi connectivity index (χ3n) is 1.65. The fourth-order valence-electron chi connectivity index (χ4n) is 0.816. The Hall–Kier alpha value is -1.46. The Balaban J connectivity index is -0.0000000980. The lowest BCUT2D eigenvalue weighted by molar-refractivity contribution is 0.773. The molecule has 0 aliphatic rings. The standard InChI is InChI=1S/2C6H8N2.2ClH/c2*7-5-3-1-2-4-6-8;;/h2*1-4H2;2*1H. The minimum Gasteiger partial charge on any atom is -0.198 e. The van der Waals surface area contributed by atoms with Gasteiger partial charge in [-0.1, -0.05) is 0 Å². The minimum absolute atomic E-state index is 0. The van der Waals surface area contributed by atoms with Crippen LogP contribution in [0.5, 0.6) is 0 Å². The van der Waals surface area contributed by atoms with E-state index in [4.69, 9.17) is 21.0 Å². The molecule has 0 rings (SSSR count). The van der Waals surface area contributed by atoms with Gasteiger partial charge < -0.3 is 0 Å². The van der Waals surface area contributed by atoms with Gasteiger partial charge in [0, 0.05) is 25.7 Å².